The summed E-state index contributed by atoms with van der Waals surface area (Å²) in [6, 6.07) is 0. The highest BCUT2D eigenvalue weighted by Gasteiger charge is 2.70. The van der Waals surface area contributed by atoms with Crippen molar-refractivity contribution in [2.75, 3.05) is 26.4 Å². The Kier molecular flexibility index (Phi) is 34.7. The molecule has 0 bridgehead atoms. The second-order valence-electron chi connectivity index (χ2n) is 47.8. The molecule has 0 saturated heterocycles. The summed E-state index contributed by atoms with van der Waals surface area (Å²) < 4.78 is 20.6. The van der Waals surface area contributed by atoms with Crippen LogP contribution in [0.3, 0.4) is 0 Å². The fourth-order valence-electron chi connectivity index (χ4n) is 36.6. The molecule has 16 rings (SSSR count). The highest BCUT2D eigenvalue weighted by Crippen LogP contribution is 2.75. The van der Waals surface area contributed by atoms with Gasteiger partial charge in [0.05, 0.1) is 50.8 Å². The molecule has 14 fully saturated rings. The second kappa shape index (κ2) is 42.5. The molecule has 38 atom stereocenters. The van der Waals surface area contributed by atoms with E-state index < -0.39 is 0 Å². The fourth-order valence-corrected chi connectivity index (χ4v) is 36.6. The van der Waals surface area contributed by atoms with Crippen molar-refractivity contribution in [1.29, 1.82) is 0 Å². The molecule has 16 heteroatoms. The third-order valence-corrected chi connectivity index (χ3v) is 42.9. The minimum atomic E-state index is -0.357. The molecule has 0 radical (unpaired) electrons. The summed E-state index contributed by atoms with van der Waals surface area (Å²) >= 11 is 0. The van der Waals surface area contributed by atoms with Crippen molar-refractivity contribution in [3.63, 3.8) is 0 Å². The molecule has 14 saturated carbocycles. The number of aliphatic hydroxyl groups excluding tert-OH is 4. The smallest absolute Gasteiger partial charge is 0.330 e. The van der Waals surface area contributed by atoms with Gasteiger partial charge in [0, 0.05) is 75.7 Å². The van der Waals surface area contributed by atoms with Crippen LogP contribution in [0.4, 0.5) is 0 Å². The Balaban J connectivity index is 0.000000167. The van der Waals surface area contributed by atoms with Crippen molar-refractivity contribution in [3.8, 4) is 0 Å². The van der Waals surface area contributed by atoms with E-state index in [0.717, 1.165) is 109 Å². The molecular formula is C114H186O16. The Bertz CT molecular complexity index is 3900. The van der Waals surface area contributed by atoms with Gasteiger partial charge in [0.25, 0.3) is 0 Å². The van der Waals surface area contributed by atoms with E-state index in [-0.39, 0.29) is 142 Å². The number of ether oxygens (including phenoxy) is 4. The molecule has 738 valence electrons. The van der Waals surface area contributed by atoms with Gasteiger partial charge in [0.2, 0.25) is 0 Å². The van der Waals surface area contributed by atoms with Crippen LogP contribution in [0.5, 0.6) is 0 Å². The van der Waals surface area contributed by atoms with Crippen LogP contribution in [-0.2, 0) is 57.3 Å². The monoisotopic (exact) mass is 1810 g/mol. The minimum Gasteiger partial charge on any atom is -0.466 e. The lowest BCUT2D eigenvalue weighted by molar-refractivity contribution is -0.194. The number of fused-ring (bicyclic) bond motifs is 20. The predicted molar refractivity (Wildman–Crippen MR) is 517 cm³/mol. The van der Waals surface area contributed by atoms with Crippen molar-refractivity contribution in [1.82, 2.24) is 0 Å². The van der Waals surface area contributed by atoms with Crippen LogP contribution < -0.4 is 0 Å². The average molecular weight is 1810 g/mol. The van der Waals surface area contributed by atoms with E-state index in [1.54, 1.807) is 6.08 Å². The Morgan fingerprint density at radius 2 is 0.662 bits per heavy atom. The molecule has 0 amide bonds. The van der Waals surface area contributed by atoms with Gasteiger partial charge in [-0.3, -0.25) is 33.6 Å². The topological polar surface area (TPSA) is 254 Å². The van der Waals surface area contributed by atoms with E-state index >= 15 is 0 Å². The molecule has 16 unspecified atom stereocenters. The number of esters is 4. The molecule has 0 aliphatic heterocycles. The summed E-state index contributed by atoms with van der Waals surface area (Å²) in [6.45, 7) is 46.9. The van der Waals surface area contributed by atoms with Gasteiger partial charge < -0.3 is 39.4 Å². The van der Waals surface area contributed by atoms with Crippen LogP contribution in [0.25, 0.3) is 0 Å². The van der Waals surface area contributed by atoms with Crippen LogP contribution in [0.2, 0.25) is 0 Å². The lowest BCUT2D eigenvalue weighted by Gasteiger charge is -2.64. The first kappa shape index (κ1) is 106. The Morgan fingerprint density at radius 1 is 0.362 bits per heavy atom. The van der Waals surface area contributed by atoms with Gasteiger partial charge in [0.1, 0.15) is 11.6 Å². The maximum Gasteiger partial charge on any atom is 0.330 e. The van der Waals surface area contributed by atoms with Gasteiger partial charge in [-0.05, 0) is 386 Å². The zero-order valence-corrected chi connectivity index (χ0v) is 83.6. The molecule has 16 aliphatic rings. The lowest BCUT2D eigenvalue weighted by atomic mass is 9.41. The quantitative estimate of drug-likeness (QED) is 0.0421. The Hall–Kier alpha value is -4.38. The summed E-state index contributed by atoms with van der Waals surface area (Å²) in [5, 5.41) is 46.9. The highest BCUT2D eigenvalue weighted by atomic mass is 16.5. The van der Waals surface area contributed by atoms with Gasteiger partial charge >= 0.3 is 23.9 Å². The van der Waals surface area contributed by atoms with Gasteiger partial charge in [-0.25, -0.2) is 4.79 Å². The molecule has 0 heterocycles. The maximum absolute atomic E-state index is 12.4. The van der Waals surface area contributed by atoms with Crippen LogP contribution in [0.1, 0.15) is 384 Å². The summed E-state index contributed by atoms with van der Waals surface area (Å²) in [5.74, 6) is 12.1. The van der Waals surface area contributed by atoms with Crippen molar-refractivity contribution in [2.24, 2.45) is 197 Å². The number of carbonyl (C=O) groups excluding carboxylic acids is 8. The summed E-state index contributed by atoms with van der Waals surface area (Å²) in [6.07, 6.45) is 41.3. The number of allylic oxidation sites excluding steroid dienone is 1. The third-order valence-electron chi connectivity index (χ3n) is 42.9. The summed E-state index contributed by atoms with van der Waals surface area (Å²) in [7, 11) is 0. The number of carbonyl (C=O) groups is 8. The largest absolute Gasteiger partial charge is 0.466 e. The summed E-state index contributed by atoms with van der Waals surface area (Å²) in [4.78, 5) is 97.0. The van der Waals surface area contributed by atoms with E-state index in [0.29, 0.717) is 213 Å². The normalized spacial score (nSPS) is 44.8. The molecule has 0 aromatic carbocycles. The second-order valence-corrected chi connectivity index (χ2v) is 47.8. The number of Topliss-reactive ketones (excluding diaryl/α,β-unsaturated/α-hetero) is 2. The van der Waals surface area contributed by atoms with Crippen LogP contribution in [0.15, 0.2) is 35.5 Å². The standard InChI is InChI=1S/2C28H46O4.C28H44O4.C28H42O4.2CH4/c4*1-6-19-23-16-18(29)12-14-28(23,5)22-13-15-27(4)20(9-10-21(27)25(22)26(19)31)17(3)8-11-24(30)32-7-2;;/h2*17,19-23,25-26,31H,6-16H2,1-5H3;16-17,19-22,25-26,31H,6-15H2,1-5H3;8,11,16-17,19-22,25-26,31H,6-7,9-10,12-15H2,1-5H3;2*1H4/b;;;11-8+;;/t17-,19+,20?,21?,22?,23+,25?,26-,27-,28-;17-,19+,20?,21?,22?,23-,25?,26-,27-,28-;2*17-,19+,20?,21?,22?,25?,26-,27-,28-;;/m1111../s1. The SMILES string of the molecule is C.C.CCOC(=O)/C=C/[C@@H](C)C1CCC2C3C(CC[C@@]21C)[C@@]1(C)CCC(=O)C=C1[C@H](CC)[C@H]3O.CCOC(=O)CC[C@@H](C)C1CCC2C3C(CC[C@@]21C)[C@@]1(C)CCC(=O)C=C1[C@H](CC)[C@H]3O.CCOC(=O)CC[C@@H](C)C1CCC2C3C(CC[C@@]21C)[C@@]1(C)CCC(=O)C[C@@H]1[C@H](CC)[C@H]3O.CCOC(=O)CC[C@@H](C)C1CCC2C3C(CC[C@@]21C)[C@@]1(C)CCC(=O)C[C@H]1[C@H](CC)[C@H]3O. The zero-order valence-electron chi connectivity index (χ0n) is 83.6. The number of rotatable bonds is 23. The van der Waals surface area contributed by atoms with E-state index in [2.05, 4.69) is 111 Å². The number of hydrogen-bond acceptors (Lipinski definition) is 16. The molecule has 16 nitrogen and oxygen atoms in total. The van der Waals surface area contributed by atoms with E-state index in [1.165, 1.54) is 88.2 Å². The average Bonchev–Trinajstić information content (AvgIpc) is 1.40. The van der Waals surface area contributed by atoms with Crippen molar-refractivity contribution < 1.29 is 77.7 Å². The van der Waals surface area contributed by atoms with E-state index in [9.17, 15) is 58.8 Å². The van der Waals surface area contributed by atoms with Crippen molar-refractivity contribution in [2.45, 2.75) is 409 Å². The third kappa shape index (κ3) is 19.1. The molecule has 4 N–H and O–H groups in total. The van der Waals surface area contributed by atoms with Gasteiger partial charge in [-0.15, -0.1) is 0 Å². The molecule has 0 aromatic heterocycles. The summed E-state index contributed by atoms with van der Waals surface area (Å²) in [5.41, 5.74) is 3.93. The molecular weight excluding hydrogens is 1630 g/mol. The Labute approximate surface area is 788 Å². The van der Waals surface area contributed by atoms with Gasteiger partial charge in [0.15, 0.2) is 11.6 Å². The number of ketones is 4. The first-order valence-electron chi connectivity index (χ1n) is 53.2. The maximum atomic E-state index is 12.4. The molecule has 16 aliphatic carbocycles. The first-order chi connectivity index (χ1) is 60.7. The minimum absolute atomic E-state index is 0. The van der Waals surface area contributed by atoms with E-state index in [1.807, 2.05) is 45.9 Å². The Morgan fingerprint density at radius 3 is 0.977 bits per heavy atom. The van der Waals surface area contributed by atoms with Crippen molar-refractivity contribution >= 4 is 47.0 Å². The van der Waals surface area contributed by atoms with Crippen molar-refractivity contribution in [3.05, 3.63) is 35.5 Å². The molecule has 0 spiro atoms. The van der Waals surface area contributed by atoms with Crippen LogP contribution >= 0.6 is 0 Å². The van der Waals surface area contributed by atoms with E-state index in [4.69, 9.17) is 18.9 Å². The fraction of sp³-hybridized carbons (Fsp3) is 0.877. The van der Waals surface area contributed by atoms with Gasteiger partial charge in [-0.2, -0.15) is 0 Å². The number of hydrogen-bond donors (Lipinski definition) is 4. The predicted octanol–water partition coefficient (Wildman–Crippen LogP) is 24.1. The van der Waals surface area contributed by atoms with Crippen LogP contribution in [0, 0.1) is 197 Å². The zero-order chi connectivity index (χ0) is 93.0. The highest BCUT2D eigenvalue weighted by molar-refractivity contribution is 5.92. The first-order valence-corrected chi connectivity index (χ1v) is 53.2. The number of aliphatic hydroxyl groups is 4. The van der Waals surface area contributed by atoms with Gasteiger partial charge in [-0.1, -0.05) is 156 Å². The lowest BCUT2D eigenvalue weighted by Crippen LogP contribution is -2.61. The molecule has 0 aromatic rings. The van der Waals surface area contributed by atoms with Crippen LogP contribution in [-0.4, -0.2) is 118 Å². The molecule has 130 heavy (non-hydrogen) atoms.